The molecule has 1 aliphatic heterocycles. The van der Waals surface area contributed by atoms with Crippen molar-refractivity contribution in [2.45, 2.75) is 13.2 Å². The van der Waals surface area contributed by atoms with E-state index in [2.05, 4.69) is 0 Å². The molecule has 1 unspecified atom stereocenters. The average Bonchev–Trinajstić information content (AvgIpc) is 2.63. The maximum absolute atomic E-state index is 12.1. The summed E-state index contributed by atoms with van der Waals surface area (Å²) in [6, 6.07) is 4.67. The summed E-state index contributed by atoms with van der Waals surface area (Å²) in [5, 5.41) is 0.436. The van der Waals surface area contributed by atoms with E-state index in [0.29, 0.717) is 16.1 Å². The number of benzene rings is 1. The minimum absolute atomic E-state index is 0.192. The van der Waals surface area contributed by atoms with Crippen LogP contribution in [0.5, 0.6) is 0 Å². The zero-order valence-electron chi connectivity index (χ0n) is 10.7. The van der Waals surface area contributed by atoms with Crippen molar-refractivity contribution in [2.24, 2.45) is 0 Å². The fraction of sp³-hybridized carbons (Fsp3) is 0.385. The third kappa shape index (κ3) is 2.78. The van der Waals surface area contributed by atoms with Gasteiger partial charge in [0.2, 0.25) is 0 Å². The minimum Gasteiger partial charge on any atom is -0.356 e. The highest BCUT2D eigenvalue weighted by molar-refractivity contribution is 6.32. The monoisotopic (exact) mass is 283 g/mol. The van der Waals surface area contributed by atoms with Gasteiger partial charge >= 0.3 is 0 Å². The highest BCUT2D eigenvalue weighted by atomic mass is 35.5. The van der Waals surface area contributed by atoms with E-state index in [4.69, 9.17) is 21.1 Å². The van der Waals surface area contributed by atoms with Crippen LogP contribution < -0.4 is 0 Å². The average molecular weight is 284 g/mol. The molecule has 1 aliphatic rings. The molecule has 19 heavy (non-hydrogen) atoms. The maximum Gasteiger partial charge on any atom is 0.261 e. The molecule has 0 aliphatic carbocycles. The Hall–Kier alpha value is -1.43. The second-order valence-electron chi connectivity index (χ2n) is 4.13. The molecule has 0 bridgehead atoms. The van der Waals surface area contributed by atoms with Crippen molar-refractivity contribution >= 4 is 23.4 Å². The molecule has 0 aromatic heterocycles. The van der Waals surface area contributed by atoms with Crippen LogP contribution in [0.3, 0.4) is 0 Å². The lowest BCUT2D eigenvalue weighted by atomic mass is 10.1. The van der Waals surface area contributed by atoms with Crippen molar-refractivity contribution in [1.29, 1.82) is 0 Å². The van der Waals surface area contributed by atoms with Gasteiger partial charge in [0.25, 0.3) is 11.8 Å². The number of methoxy groups -OCH3 is 1. The van der Waals surface area contributed by atoms with Crippen LogP contribution in [0.25, 0.3) is 0 Å². The Morgan fingerprint density at radius 3 is 2.63 bits per heavy atom. The summed E-state index contributed by atoms with van der Waals surface area (Å²) in [5.74, 6) is -0.651. The fourth-order valence-corrected chi connectivity index (χ4v) is 2.02. The van der Waals surface area contributed by atoms with Gasteiger partial charge in [-0.25, -0.2) is 0 Å². The van der Waals surface area contributed by atoms with Gasteiger partial charge in [0, 0.05) is 12.1 Å². The van der Waals surface area contributed by atoms with Gasteiger partial charge in [0.05, 0.1) is 24.3 Å². The van der Waals surface area contributed by atoms with Crippen molar-refractivity contribution in [1.82, 2.24) is 4.90 Å². The molecule has 0 saturated heterocycles. The Labute approximate surface area is 116 Å². The van der Waals surface area contributed by atoms with E-state index >= 15 is 0 Å². The zero-order valence-corrected chi connectivity index (χ0v) is 11.4. The van der Waals surface area contributed by atoms with E-state index in [0.717, 1.165) is 4.90 Å². The minimum atomic E-state index is -0.371. The summed E-state index contributed by atoms with van der Waals surface area (Å²) in [4.78, 5) is 25.3. The molecule has 2 amide bonds. The molecule has 1 aromatic rings. The van der Waals surface area contributed by atoms with Gasteiger partial charge in [-0.3, -0.25) is 14.5 Å². The third-order valence-electron chi connectivity index (χ3n) is 2.93. The summed E-state index contributed by atoms with van der Waals surface area (Å²) in [7, 11) is 1.52. The van der Waals surface area contributed by atoms with E-state index in [-0.39, 0.29) is 31.3 Å². The molecule has 102 valence electrons. The predicted molar refractivity (Wildman–Crippen MR) is 69.2 cm³/mol. The molecular weight excluding hydrogens is 270 g/mol. The molecule has 0 saturated carbocycles. The number of hydrogen-bond donors (Lipinski definition) is 0. The molecule has 2 rings (SSSR count). The number of fused-ring (bicyclic) bond motifs is 1. The number of nitrogens with zero attached hydrogens (tertiary/aromatic N) is 1. The van der Waals surface area contributed by atoms with Crippen LogP contribution in [0.4, 0.5) is 0 Å². The van der Waals surface area contributed by atoms with Crippen molar-refractivity contribution in [3.05, 3.63) is 34.3 Å². The first-order valence-corrected chi connectivity index (χ1v) is 6.22. The van der Waals surface area contributed by atoms with E-state index in [1.807, 2.05) is 0 Å². The quantitative estimate of drug-likeness (QED) is 0.612. The van der Waals surface area contributed by atoms with Crippen LogP contribution >= 0.6 is 11.6 Å². The van der Waals surface area contributed by atoms with E-state index < -0.39 is 0 Å². The van der Waals surface area contributed by atoms with Gasteiger partial charge in [-0.2, -0.15) is 0 Å². The van der Waals surface area contributed by atoms with Crippen LogP contribution in [0.15, 0.2) is 18.2 Å². The molecule has 1 aromatic carbocycles. The first-order chi connectivity index (χ1) is 9.04. The second kappa shape index (κ2) is 5.69. The standard InChI is InChI=1S/C13H14ClNO4/c1-8(18-2)19-6-5-15-12(16)10-4-3-9(14)7-11(10)13(15)17/h3-4,7-8H,5-6H2,1-2H3. The first-order valence-electron chi connectivity index (χ1n) is 5.84. The lowest BCUT2D eigenvalue weighted by Crippen LogP contribution is -2.33. The Bertz CT molecular complexity index is 517. The molecule has 0 fully saturated rings. The van der Waals surface area contributed by atoms with E-state index in [1.54, 1.807) is 19.1 Å². The predicted octanol–water partition coefficient (Wildman–Crippen LogP) is 1.95. The van der Waals surface area contributed by atoms with E-state index in [9.17, 15) is 9.59 Å². The van der Waals surface area contributed by atoms with Crippen LogP contribution in [0.1, 0.15) is 27.6 Å². The number of carbonyl (C=O) groups excluding carboxylic acids is 2. The lowest BCUT2D eigenvalue weighted by molar-refractivity contribution is -0.111. The number of hydrogen-bond acceptors (Lipinski definition) is 4. The summed E-state index contributed by atoms with van der Waals surface area (Å²) in [6.45, 7) is 2.16. The van der Waals surface area contributed by atoms with Gasteiger partial charge in [-0.1, -0.05) is 11.6 Å². The SMILES string of the molecule is COC(C)OCCN1C(=O)c2ccc(Cl)cc2C1=O. The molecule has 6 heteroatoms. The van der Waals surface area contributed by atoms with Crippen LogP contribution in [0, 0.1) is 0 Å². The summed E-state index contributed by atoms with van der Waals surface area (Å²) in [5.41, 5.74) is 0.728. The molecule has 0 N–H and O–H groups in total. The first kappa shape index (κ1) is 14.0. The van der Waals surface area contributed by atoms with Gasteiger partial charge in [0.1, 0.15) is 0 Å². The summed E-state index contributed by atoms with van der Waals surface area (Å²) in [6.07, 6.45) is -0.371. The fourth-order valence-electron chi connectivity index (χ4n) is 1.84. The Kier molecular flexibility index (Phi) is 4.19. The number of halogens is 1. The van der Waals surface area contributed by atoms with Gasteiger partial charge in [-0.05, 0) is 25.1 Å². The number of carbonyl (C=O) groups is 2. The molecule has 0 radical (unpaired) electrons. The van der Waals surface area contributed by atoms with Gasteiger partial charge < -0.3 is 9.47 Å². The lowest BCUT2D eigenvalue weighted by Gasteiger charge is -2.16. The smallest absolute Gasteiger partial charge is 0.261 e. The normalized spacial score (nSPS) is 15.8. The highest BCUT2D eigenvalue weighted by Gasteiger charge is 2.35. The molecule has 1 atom stereocenters. The van der Waals surface area contributed by atoms with Crippen molar-refractivity contribution in [3.8, 4) is 0 Å². The van der Waals surface area contributed by atoms with Crippen LogP contribution in [0.2, 0.25) is 5.02 Å². The maximum atomic E-state index is 12.1. The number of imide groups is 1. The van der Waals surface area contributed by atoms with Gasteiger partial charge in [-0.15, -0.1) is 0 Å². The van der Waals surface area contributed by atoms with E-state index in [1.165, 1.54) is 13.2 Å². The number of rotatable bonds is 5. The highest BCUT2D eigenvalue weighted by Crippen LogP contribution is 2.25. The molecular formula is C13H14ClNO4. The summed E-state index contributed by atoms with van der Waals surface area (Å²) >= 11 is 5.83. The zero-order chi connectivity index (χ0) is 14.0. The second-order valence-corrected chi connectivity index (χ2v) is 4.56. The largest absolute Gasteiger partial charge is 0.356 e. The Morgan fingerprint density at radius 2 is 1.95 bits per heavy atom. The number of ether oxygens (including phenoxy) is 2. The number of amides is 2. The molecule has 5 nitrogen and oxygen atoms in total. The topological polar surface area (TPSA) is 55.8 Å². The van der Waals surface area contributed by atoms with Crippen molar-refractivity contribution in [3.63, 3.8) is 0 Å². The van der Waals surface area contributed by atoms with Crippen molar-refractivity contribution < 1.29 is 19.1 Å². The third-order valence-corrected chi connectivity index (χ3v) is 3.17. The molecule has 1 heterocycles. The molecule has 0 spiro atoms. The summed E-state index contributed by atoms with van der Waals surface area (Å²) < 4.78 is 10.2. The Balaban J connectivity index is 2.06. The van der Waals surface area contributed by atoms with Crippen molar-refractivity contribution in [2.75, 3.05) is 20.3 Å². The van der Waals surface area contributed by atoms with Gasteiger partial charge in [0.15, 0.2) is 6.29 Å². The Morgan fingerprint density at radius 1 is 1.26 bits per heavy atom. The van der Waals surface area contributed by atoms with Crippen LogP contribution in [-0.4, -0.2) is 43.3 Å². The van der Waals surface area contributed by atoms with Crippen LogP contribution in [-0.2, 0) is 9.47 Å².